The van der Waals surface area contributed by atoms with Crippen LogP contribution >= 0.6 is 27.5 Å². The molecule has 2 rings (SSSR count). The lowest BCUT2D eigenvalue weighted by Gasteiger charge is -2.15. The molecule has 0 aliphatic carbocycles. The fourth-order valence-corrected chi connectivity index (χ4v) is 3.00. The van der Waals surface area contributed by atoms with Crippen LogP contribution in [0.3, 0.4) is 0 Å². The second kappa shape index (κ2) is 9.57. The molecule has 0 heterocycles. The average molecular weight is 488 g/mol. The van der Waals surface area contributed by atoms with Gasteiger partial charge in [-0.25, -0.2) is 4.79 Å². The number of non-ortho nitro benzene ring substituents is 1. The van der Waals surface area contributed by atoms with Crippen molar-refractivity contribution in [3.63, 3.8) is 0 Å². The molecule has 1 unspecified atom stereocenters. The van der Waals surface area contributed by atoms with Crippen molar-refractivity contribution in [1.82, 2.24) is 0 Å². The highest BCUT2D eigenvalue weighted by molar-refractivity contribution is 9.10. The molecule has 9 nitrogen and oxygen atoms in total. The van der Waals surface area contributed by atoms with Crippen molar-refractivity contribution >= 4 is 50.8 Å². The number of nitrogens with zero attached hydrogens (tertiary/aromatic N) is 1. The molecule has 11 heteroatoms. The Balaban J connectivity index is 2.11. The molecule has 0 aliphatic heterocycles. The zero-order valence-corrected chi connectivity index (χ0v) is 17.9. The second-order valence-corrected chi connectivity index (χ2v) is 6.85. The van der Waals surface area contributed by atoms with E-state index in [1.54, 1.807) is 0 Å². The number of halogens is 2. The normalized spacial score (nSPS) is 11.3. The monoisotopic (exact) mass is 486 g/mol. The number of carbonyl (C=O) groups excluding carboxylic acids is 2. The summed E-state index contributed by atoms with van der Waals surface area (Å²) in [6.07, 6.45) is -1.17. The largest absolute Gasteiger partial charge is 0.495 e. The third kappa shape index (κ3) is 5.36. The summed E-state index contributed by atoms with van der Waals surface area (Å²) in [5.74, 6) is -0.728. The predicted octanol–water partition coefficient (Wildman–Crippen LogP) is 4.21. The van der Waals surface area contributed by atoms with Gasteiger partial charge in [-0.3, -0.25) is 14.9 Å². The third-order valence-electron chi connectivity index (χ3n) is 3.76. The van der Waals surface area contributed by atoms with Crippen molar-refractivity contribution in [3.05, 3.63) is 55.5 Å². The van der Waals surface area contributed by atoms with E-state index in [9.17, 15) is 19.7 Å². The van der Waals surface area contributed by atoms with Crippen LogP contribution in [-0.4, -0.2) is 37.1 Å². The number of methoxy groups -OCH3 is 2. The van der Waals surface area contributed by atoms with Crippen LogP contribution in [-0.2, 0) is 9.53 Å². The van der Waals surface area contributed by atoms with Gasteiger partial charge in [-0.1, -0.05) is 11.6 Å². The SMILES string of the molecule is COc1cc(C(=O)OC(C)C(=O)Nc2ccc([N+](=O)[O-])cc2Cl)cc(OC)c1Br. The number of hydrogen-bond donors (Lipinski definition) is 1. The first kappa shape index (κ1) is 22.4. The lowest BCUT2D eigenvalue weighted by atomic mass is 10.2. The Kier molecular flexibility index (Phi) is 7.40. The molecule has 0 aliphatic rings. The van der Waals surface area contributed by atoms with Gasteiger partial charge < -0.3 is 19.5 Å². The topological polar surface area (TPSA) is 117 Å². The minimum absolute atomic E-state index is 0.0199. The van der Waals surface area contributed by atoms with Crippen molar-refractivity contribution in [3.8, 4) is 11.5 Å². The zero-order valence-electron chi connectivity index (χ0n) is 15.5. The van der Waals surface area contributed by atoms with Gasteiger partial charge in [0.2, 0.25) is 0 Å². The van der Waals surface area contributed by atoms with Crippen LogP contribution in [0.25, 0.3) is 0 Å². The number of nitro benzene ring substituents is 1. The highest BCUT2D eigenvalue weighted by atomic mass is 79.9. The highest BCUT2D eigenvalue weighted by Gasteiger charge is 2.22. The molecule has 0 bridgehead atoms. The molecule has 29 heavy (non-hydrogen) atoms. The van der Waals surface area contributed by atoms with Gasteiger partial charge in [-0.15, -0.1) is 0 Å². The highest BCUT2D eigenvalue weighted by Crippen LogP contribution is 2.36. The Morgan fingerprint density at radius 2 is 1.76 bits per heavy atom. The van der Waals surface area contributed by atoms with Crippen LogP contribution in [0.15, 0.2) is 34.8 Å². The van der Waals surface area contributed by atoms with Gasteiger partial charge in [0.1, 0.15) is 16.0 Å². The second-order valence-electron chi connectivity index (χ2n) is 5.65. The van der Waals surface area contributed by atoms with E-state index in [-0.39, 0.29) is 22.0 Å². The third-order valence-corrected chi connectivity index (χ3v) is 4.85. The van der Waals surface area contributed by atoms with Crippen molar-refractivity contribution < 1.29 is 28.7 Å². The fourth-order valence-electron chi connectivity index (χ4n) is 2.22. The minimum Gasteiger partial charge on any atom is -0.495 e. The first-order chi connectivity index (χ1) is 13.7. The molecule has 0 aromatic heterocycles. The molecule has 0 saturated carbocycles. The number of hydrogen-bond acceptors (Lipinski definition) is 7. The minimum atomic E-state index is -1.17. The van der Waals surface area contributed by atoms with Gasteiger partial charge in [0.25, 0.3) is 11.6 Å². The Morgan fingerprint density at radius 3 is 2.24 bits per heavy atom. The number of ether oxygens (including phenoxy) is 3. The maximum atomic E-state index is 12.4. The Bertz CT molecular complexity index is 942. The number of nitrogens with one attached hydrogen (secondary N) is 1. The van der Waals surface area contributed by atoms with Gasteiger partial charge in [0.05, 0.1) is 35.4 Å². The number of benzene rings is 2. The maximum Gasteiger partial charge on any atom is 0.339 e. The van der Waals surface area contributed by atoms with E-state index < -0.39 is 22.9 Å². The molecule has 1 atom stereocenters. The molecule has 0 radical (unpaired) electrons. The molecule has 154 valence electrons. The quantitative estimate of drug-likeness (QED) is 0.353. The number of carbonyl (C=O) groups is 2. The summed E-state index contributed by atoms with van der Waals surface area (Å²) >= 11 is 9.24. The molecule has 0 spiro atoms. The summed E-state index contributed by atoms with van der Waals surface area (Å²) in [6, 6.07) is 6.46. The number of nitro groups is 1. The fraction of sp³-hybridized carbons (Fsp3) is 0.222. The number of amides is 1. The van der Waals surface area contributed by atoms with E-state index in [0.717, 1.165) is 6.07 Å². The Morgan fingerprint density at radius 1 is 1.17 bits per heavy atom. The first-order valence-corrected chi connectivity index (χ1v) is 9.22. The maximum absolute atomic E-state index is 12.4. The van der Waals surface area contributed by atoms with Crippen molar-refractivity contribution in [2.24, 2.45) is 0 Å². The van der Waals surface area contributed by atoms with Crippen molar-refractivity contribution in [2.75, 3.05) is 19.5 Å². The van der Waals surface area contributed by atoms with E-state index in [1.807, 2.05) is 0 Å². The van der Waals surface area contributed by atoms with Crippen LogP contribution in [0.1, 0.15) is 17.3 Å². The van der Waals surface area contributed by atoms with E-state index in [4.69, 9.17) is 25.8 Å². The van der Waals surface area contributed by atoms with E-state index in [1.165, 1.54) is 45.4 Å². The van der Waals surface area contributed by atoms with Gasteiger partial charge >= 0.3 is 5.97 Å². The van der Waals surface area contributed by atoms with E-state index >= 15 is 0 Å². The summed E-state index contributed by atoms with van der Waals surface area (Å²) in [4.78, 5) is 34.9. The summed E-state index contributed by atoms with van der Waals surface area (Å²) in [5.41, 5.74) is 0.0534. The van der Waals surface area contributed by atoms with E-state index in [0.29, 0.717) is 16.0 Å². The summed E-state index contributed by atoms with van der Waals surface area (Å²) in [5, 5.41) is 13.2. The number of esters is 1. The standard InChI is InChI=1S/C18H16BrClN2O7/c1-9(17(23)21-13-5-4-11(22(25)26)8-12(13)20)29-18(24)10-6-14(27-2)16(19)15(7-10)28-3/h4-9H,1-3H3,(H,21,23). The zero-order chi connectivity index (χ0) is 21.7. The predicted molar refractivity (Wildman–Crippen MR) is 109 cm³/mol. The van der Waals surface area contributed by atoms with E-state index in [2.05, 4.69) is 21.2 Å². The average Bonchev–Trinajstić information content (AvgIpc) is 2.69. The summed E-state index contributed by atoms with van der Waals surface area (Å²) < 4.78 is 16.1. The van der Waals surface area contributed by atoms with Gasteiger partial charge in [-0.05, 0) is 41.1 Å². The number of anilines is 1. The molecule has 0 fully saturated rings. The number of rotatable bonds is 7. The van der Waals surface area contributed by atoms with Crippen LogP contribution in [0, 0.1) is 10.1 Å². The van der Waals surface area contributed by atoms with Gasteiger partial charge in [-0.2, -0.15) is 0 Å². The van der Waals surface area contributed by atoms with Crippen molar-refractivity contribution in [1.29, 1.82) is 0 Å². The molecular formula is C18H16BrClN2O7. The van der Waals surface area contributed by atoms with Crippen LogP contribution < -0.4 is 14.8 Å². The first-order valence-electron chi connectivity index (χ1n) is 8.05. The van der Waals surface area contributed by atoms with Gasteiger partial charge in [0.15, 0.2) is 6.10 Å². The molecule has 1 amide bonds. The van der Waals surface area contributed by atoms with Gasteiger partial charge in [0, 0.05) is 12.1 Å². The Labute approximate surface area is 179 Å². The lowest BCUT2D eigenvalue weighted by molar-refractivity contribution is -0.384. The summed E-state index contributed by atoms with van der Waals surface area (Å²) in [7, 11) is 2.86. The van der Waals surface area contributed by atoms with Crippen LogP contribution in [0.2, 0.25) is 5.02 Å². The van der Waals surface area contributed by atoms with Crippen LogP contribution in [0.4, 0.5) is 11.4 Å². The smallest absolute Gasteiger partial charge is 0.339 e. The molecular weight excluding hydrogens is 472 g/mol. The van der Waals surface area contributed by atoms with Crippen molar-refractivity contribution in [2.45, 2.75) is 13.0 Å². The molecule has 1 N–H and O–H groups in total. The molecule has 2 aromatic rings. The summed E-state index contributed by atoms with van der Waals surface area (Å²) in [6.45, 7) is 1.37. The molecule has 2 aromatic carbocycles. The molecule has 0 saturated heterocycles. The Hall–Kier alpha value is -2.85. The lowest BCUT2D eigenvalue weighted by Crippen LogP contribution is -2.30. The van der Waals surface area contributed by atoms with Crippen LogP contribution in [0.5, 0.6) is 11.5 Å².